The Kier molecular flexibility index (Phi) is 6.06. The SMILES string of the molecule is COC(=O)/C=C/c1ccc(OS(=O)(=O)c2cccc(Cl)c2)c(OC)c1. The van der Waals surface area contributed by atoms with Gasteiger partial charge in [-0.15, -0.1) is 0 Å². The Labute approximate surface area is 150 Å². The van der Waals surface area contributed by atoms with Gasteiger partial charge >= 0.3 is 16.1 Å². The Balaban J connectivity index is 2.30. The van der Waals surface area contributed by atoms with Gasteiger partial charge in [0.05, 0.1) is 14.2 Å². The second kappa shape index (κ2) is 8.04. The minimum Gasteiger partial charge on any atom is -0.493 e. The highest BCUT2D eigenvalue weighted by molar-refractivity contribution is 7.87. The molecular formula is C17H15ClO6S. The fourth-order valence-electron chi connectivity index (χ4n) is 1.88. The molecule has 0 aliphatic rings. The molecule has 0 N–H and O–H groups in total. The number of hydrogen-bond donors (Lipinski definition) is 0. The van der Waals surface area contributed by atoms with Gasteiger partial charge in [-0.05, 0) is 42.0 Å². The van der Waals surface area contributed by atoms with Crippen LogP contribution in [0.15, 0.2) is 53.4 Å². The largest absolute Gasteiger partial charge is 0.493 e. The van der Waals surface area contributed by atoms with Crippen molar-refractivity contribution >= 4 is 33.8 Å². The van der Waals surface area contributed by atoms with E-state index in [1.54, 1.807) is 12.1 Å². The van der Waals surface area contributed by atoms with Crippen molar-refractivity contribution in [1.29, 1.82) is 0 Å². The van der Waals surface area contributed by atoms with Gasteiger partial charge < -0.3 is 13.7 Å². The van der Waals surface area contributed by atoms with E-state index in [1.807, 2.05) is 0 Å². The lowest BCUT2D eigenvalue weighted by Crippen LogP contribution is -2.10. The first kappa shape index (κ1) is 18.8. The van der Waals surface area contributed by atoms with Crippen LogP contribution in [-0.4, -0.2) is 28.6 Å². The normalized spacial score (nSPS) is 11.3. The van der Waals surface area contributed by atoms with Crippen LogP contribution in [0.25, 0.3) is 6.08 Å². The molecule has 0 bridgehead atoms. The van der Waals surface area contributed by atoms with Crippen molar-refractivity contribution in [3.05, 3.63) is 59.1 Å². The first-order chi connectivity index (χ1) is 11.9. The van der Waals surface area contributed by atoms with E-state index in [0.717, 1.165) is 0 Å². The Morgan fingerprint density at radius 2 is 1.84 bits per heavy atom. The predicted octanol–water partition coefficient (Wildman–Crippen LogP) is 3.30. The molecule has 0 spiro atoms. The summed E-state index contributed by atoms with van der Waals surface area (Å²) < 4.78 is 39.5. The standard InChI is InChI=1S/C17H15ClO6S/c1-22-16-10-12(7-9-17(19)23-2)6-8-15(16)24-25(20,21)14-5-3-4-13(18)11-14/h3-11H,1-2H3/b9-7+. The third kappa shape index (κ3) is 4.98. The summed E-state index contributed by atoms with van der Waals surface area (Å²) in [6, 6.07) is 10.3. The summed E-state index contributed by atoms with van der Waals surface area (Å²) in [6.07, 6.45) is 2.74. The van der Waals surface area contributed by atoms with Crippen molar-refractivity contribution < 1.29 is 26.9 Å². The first-order valence-electron chi connectivity index (χ1n) is 7.00. The molecule has 25 heavy (non-hydrogen) atoms. The number of halogens is 1. The third-order valence-corrected chi connectivity index (χ3v) is 4.55. The smallest absolute Gasteiger partial charge is 0.339 e. The number of esters is 1. The molecule has 0 atom stereocenters. The zero-order chi connectivity index (χ0) is 18.4. The lowest BCUT2D eigenvalue weighted by molar-refractivity contribution is -0.134. The molecule has 0 aliphatic heterocycles. The lowest BCUT2D eigenvalue weighted by Gasteiger charge is -2.11. The zero-order valence-corrected chi connectivity index (χ0v) is 15.0. The first-order valence-corrected chi connectivity index (χ1v) is 8.78. The second-order valence-electron chi connectivity index (χ2n) is 4.76. The maximum absolute atomic E-state index is 12.3. The van der Waals surface area contributed by atoms with Crippen molar-refractivity contribution in [2.75, 3.05) is 14.2 Å². The molecule has 0 aliphatic carbocycles. The highest BCUT2D eigenvalue weighted by Gasteiger charge is 2.19. The van der Waals surface area contributed by atoms with E-state index < -0.39 is 16.1 Å². The average Bonchev–Trinajstić information content (AvgIpc) is 2.60. The van der Waals surface area contributed by atoms with Crippen LogP contribution in [0, 0.1) is 0 Å². The molecule has 0 amide bonds. The number of benzene rings is 2. The van der Waals surface area contributed by atoms with E-state index in [-0.39, 0.29) is 21.4 Å². The summed E-state index contributed by atoms with van der Waals surface area (Å²) in [5.74, 6) is -0.307. The summed E-state index contributed by atoms with van der Waals surface area (Å²) in [5, 5.41) is 0.278. The molecule has 6 nitrogen and oxygen atoms in total. The predicted molar refractivity (Wildman–Crippen MR) is 93.3 cm³/mol. The summed E-state index contributed by atoms with van der Waals surface area (Å²) >= 11 is 5.82. The second-order valence-corrected chi connectivity index (χ2v) is 6.74. The Morgan fingerprint density at radius 3 is 2.48 bits per heavy atom. The van der Waals surface area contributed by atoms with Gasteiger partial charge in [0.1, 0.15) is 4.90 Å². The topological polar surface area (TPSA) is 78.9 Å². The van der Waals surface area contributed by atoms with Crippen molar-refractivity contribution in [1.82, 2.24) is 0 Å². The summed E-state index contributed by atoms with van der Waals surface area (Å²) in [5.41, 5.74) is 0.606. The molecule has 0 aromatic heterocycles. The van der Waals surface area contributed by atoms with Gasteiger partial charge in [-0.3, -0.25) is 0 Å². The van der Waals surface area contributed by atoms with Gasteiger partial charge in [0, 0.05) is 11.1 Å². The Hall–Kier alpha value is -2.51. The fourth-order valence-corrected chi connectivity index (χ4v) is 3.12. The molecule has 0 unspecified atom stereocenters. The van der Waals surface area contributed by atoms with E-state index in [9.17, 15) is 13.2 Å². The number of methoxy groups -OCH3 is 2. The van der Waals surface area contributed by atoms with E-state index in [0.29, 0.717) is 5.56 Å². The molecule has 0 saturated carbocycles. The van der Waals surface area contributed by atoms with E-state index in [1.165, 1.54) is 56.7 Å². The molecule has 0 radical (unpaired) electrons. The number of carbonyl (C=O) groups excluding carboxylic acids is 1. The van der Waals surface area contributed by atoms with Gasteiger partial charge in [-0.2, -0.15) is 8.42 Å². The van der Waals surface area contributed by atoms with Crippen LogP contribution in [0.5, 0.6) is 11.5 Å². The molecule has 2 rings (SSSR count). The van der Waals surface area contributed by atoms with Crippen molar-refractivity contribution in [3.63, 3.8) is 0 Å². The number of ether oxygens (including phenoxy) is 2. The highest BCUT2D eigenvalue weighted by Crippen LogP contribution is 2.31. The van der Waals surface area contributed by atoms with Crippen LogP contribution < -0.4 is 8.92 Å². The number of hydrogen-bond acceptors (Lipinski definition) is 6. The number of carbonyl (C=O) groups is 1. The molecule has 2 aromatic rings. The zero-order valence-electron chi connectivity index (χ0n) is 13.4. The Morgan fingerprint density at radius 1 is 1.08 bits per heavy atom. The van der Waals surface area contributed by atoms with E-state index >= 15 is 0 Å². The molecular weight excluding hydrogens is 368 g/mol. The van der Waals surface area contributed by atoms with E-state index in [4.69, 9.17) is 20.5 Å². The number of rotatable bonds is 6. The van der Waals surface area contributed by atoms with Crippen LogP contribution in [0.3, 0.4) is 0 Å². The van der Waals surface area contributed by atoms with Gasteiger partial charge in [0.25, 0.3) is 0 Å². The summed E-state index contributed by atoms with van der Waals surface area (Å²) in [7, 11) is -1.42. The monoisotopic (exact) mass is 382 g/mol. The maximum Gasteiger partial charge on any atom is 0.339 e. The molecule has 0 heterocycles. The average molecular weight is 383 g/mol. The molecule has 0 saturated heterocycles. The highest BCUT2D eigenvalue weighted by atomic mass is 35.5. The quantitative estimate of drug-likeness (QED) is 0.433. The van der Waals surface area contributed by atoms with Crippen LogP contribution in [-0.2, 0) is 19.6 Å². The minimum atomic E-state index is -4.07. The van der Waals surface area contributed by atoms with Gasteiger partial charge in [0.15, 0.2) is 11.5 Å². The lowest BCUT2D eigenvalue weighted by atomic mass is 10.2. The minimum absolute atomic E-state index is 0.0118. The fraction of sp³-hybridized carbons (Fsp3) is 0.118. The molecule has 0 fully saturated rings. The van der Waals surface area contributed by atoms with E-state index in [2.05, 4.69) is 4.74 Å². The maximum atomic E-state index is 12.3. The van der Waals surface area contributed by atoms with Crippen molar-refractivity contribution in [2.45, 2.75) is 4.90 Å². The summed E-state index contributed by atoms with van der Waals surface area (Å²) in [4.78, 5) is 11.1. The van der Waals surface area contributed by atoms with Crippen LogP contribution in [0.4, 0.5) is 0 Å². The van der Waals surface area contributed by atoms with Crippen LogP contribution >= 0.6 is 11.6 Å². The Bertz CT molecular complexity index is 905. The van der Waals surface area contributed by atoms with Gasteiger partial charge in [-0.1, -0.05) is 23.7 Å². The third-order valence-electron chi connectivity index (χ3n) is 3.08. The molecule has 132 valence electrons. The van der Waals surface area contributed by atoms with Crippen molar-refractivity contribution in [2.24, 2.45) is 0 Å². The van der Waals surface area contributed by atoms with Gasteiger partial charge in [-0.25, -0.2) is 4.79 Å². The van der Waals surface area contributed by atoms with Gasteiger partial charge in [0.2, 0.25) is 0 Å². The van der Waals surface area contributed by atoms with Crippen LogP contribution in [0.1, 0.15) is 5.56 Å². The van der Waals surface area contributed by atoms with Crippen molar-refractivity contribution in [3.8, 4) is 11.5 Å². The van der Waals surface area contributed by atoms with Crippen LogP contribution in [0.2, 0.25) is 5.02 Å². The summed E-state index contributed by atoms with van der Waals surface area (Å²) in [6.45, 7) is 0. The molecule has 2 aromatic carbocycles. The molecule has 8 heteroatoms.